The van der Waals surface area contributed by atoms with E-state index in [9.17, 15) is 18.0 Å². The van der Waals surface area contributed by atoms with Crippen LogP contribution < -0.4 is 5.32 Å². The first kappa shape index (κ1) is 18.9. The van der Waals surface area contributed by atoms with Gasteiger partial charge in [-0.3, -0.25) is 9.69 Å². The molecule has 0 radical (unpaired) electrons. The van der Waals surface area contributed by atoms with Gasteiger partial charge in [-0.15, -0.1) is 11.3 Å². The molecule has 1 unspecified atom stereocenters. The van der Waals surface area contributed by atoms with E-state index in [0.29, 0.717) is 12.1 Å². The highest BCUT2D eigenvalue weighted by molar-refractivity contribution is 7.10. The van der Waals surface area contributed by atoms with Crippen LogP contribution in [0.15, 0.2) is 41.8 Å². The smallest absolute Gasteiger partial charge is 0.354 e. The van der Waals surface area contributed by atoms with Crippen molar-refractivity contribution in [3.63, 3.8) is 0 Å². The number of carbonyl (C=O) groups is 1. The van der Waals surface area contributed by atoms with Gasteiger partial charge < -0.3 is 5.32 Å². The summed E-state index contributed by atoms with van der Waals surface area (Å²) in [7, 11) is 0. The maximum atomic E-state index is 12.6. The number of rotatable bonds is 6. The predicted molar refractivity (Wildman–Crippen MR) is 96.0 cm³/mol. The molecule has 1 aromatic carbocycles. The molecule has 0 saturated carbocycles. The van der Waals surface area contributed by atoms with Gasteiger partial charge in [0.25, 0.3) is 0 Å². The normalized spacial score (nSPS) is 16.6. The molecule has 3 rings (SSSR count). The first-order valence-corrected chi connectivity index (χ1v) is 9.52. The van der Waals surface area contributed by atoms with Gasteiger partial charge in [0.2, 0.25) is 5.91 Å². The lowest BCUT2D eigenvalue weighted by atomic mass is 10.1. The van der Waals surface area contributed by atoms with Crippen LogP contribution in [0.5, 0.6) is 0 Å². The first-order valence-electron chi connectivity index (χ1n) is 8.64. The van der Waals surface area contributed by atoms with Crippen molar-refractivity contribution in [2.45, 2.75) is 31.5 Å². The Bertz CT molecular complexity index is 707. The molecule has 1 saturated heterocycles. The van der Waals surface area contributed by atoms with Crippen molar-refractivity contribution in [2.75, 3.05) is 19.6 Å². The Balaban J connectivity index is 1.57. The zero-order valence-electron chi connectivity index (χ0n) is 14.3. The van der Waals surface area contributed by atoms with E-state index < -0.39 is 11.7 Å². The van der Waals surface area contributed by atoms with Crippen molar-refractivity contribution in [3.8, 4) is 0 Å². The molecule has 1 aromatic heterocycles. The fourth-order valence-corrected chi connectivity index (χ4v) is 4.07. The average molecular weight is 382 g/mol. The second-order valence-corrected chi connectivity index (χ2v) is 7.43. The number of halogens is 3. The van der Waals surface area contributed by atoms with E-state index in [1.807, 2.05) is 11.4 Å². The summed E-state index contributed by atoms with van der Waals surface area (Å²) in [6.07, 6.45) is -1.94. The zero-order valence-corrected chi connectivity index (χ0v) is 15.1. The van der Waals surface area contributed by atoms with Gasteiger partial charge in [0.15, 0.2) is 0 Å². The van der Waals surface area contributed by atoms with Crippen molar-refractivity contribution < 1.29 is 18.0 Å². The number of hydrogen-bond acceptors (Lipinski definition) is 3. The highest BCUT2D eigenvalue weighted by Crippen LogP contribution is 2.29. The van der Waals surface area contributed by atoms with Crippen molar-refractivity contribution in [1.29, 1.82) is 0 Å². The number of hydrogen-bond donors (Lipinski definition) is 1. The maximum Gasteiger partial charge on any atom is 0.416 e. The molecule has 1 fully saturated rings. The molecule has 0 bridgehead atoms. The summed E-state index contributed by atoms with van der Waals surface area (Å²) in [4.78, 5) is 15.8. The monoisotopic (exact) mass is 382 g/mol. The van der Waals surface area contributed by atoms with Gasteiger partial charge in [-0.1, -0.05) is 18.2 Å². The van der Waals surface area contributed by atoms with Gasteiger partial charge >= 0.3 is 6.18 Å². The first-order chi connectivity index (χ1) is 12.4. The summed E-state index contributed by atoms with van der Waals surface area (Å²) in [5.41, 5.74) is -0.127. The number of thiophene rings is 1. The Labute approximate surface area is 154 Å². The van der Waals surface area contributed by atoms with E-state index >= 15 is 0 Å². The Kier molecular flexibility index (Phi) is 5.98. The molecule has 1 aliphatic heterocycles. The van der Waals surface area contributed by atoms with Gasteiger partial charge in [0.1, 0.15) is 0 Å². The Morgan fingerprint density at radius 2 is 1.85 bits per heavy atom. The summed E-state index contributed by atoms with van der Waals surface area (Å²) in [5, 5.41) is 4.98. The fraction of sp³-hybridized carbons (Fsp3) is 0.421. The van der Waals surface area contributed by atoms with Gasteiger partial charge in [-0.05, 0) is 55.1 Å². The SMILES string of the molecule is O=C(Cc1ccc(C(F)(F)F)cc1)NCC(c1cccs1)N1CCCC1. The largest absolute Gasteiger partial charge is 0.416 e. The van der Waals surface area contributed by atoms with Crippen LogP contribution in [0.4, 0.5) is 13.2 Å². The molecule has 3 nitrogen and oxygen atoms in total. The second kappa shape index (κ2) is 8.22. The van der Waals surface area contributed by atoms with Gasteiger partial charge in [-0.25, -0.2) is 0 Å². The quantitative estimate of drug-likeness (QED) is 0.810. The minimum absolute atomic E-state index is 0.0787. The van der Waals surface area contributed by atoms with E-state index in [1.54, 1.807) is 11.3 Å². The number of amides is 1. The van der Waals surface area contributed by atoms with E-state index in [4.69, 9.17) is 0 Å². The Hall–Kier alpha value is -1.86. The molecule has 1 aliphatic rings. The van der Waals surface area contributed by atoms with Crippen LogP contribution >= 0.6 is 11.3 Å². The zero-order chi connectivity index (χ0) is 18.6. The highest BCUT2D eigenvalue weighted by Gasteiger charge is 2.30. The van der Waals surface area contributed by atoms with Gasteiger partial charge in [0, 0.05) is 11.4 Å². The van der Waals surface area contributed by atoms with Gasteiger partial charge in [-0.2, -0.15) is 13.2 Å². The lowest BCUT2D eigenvalue weighted by molar-refractivity contribution is -0.137. The Morgan fingerprint density at radius 1 is 1.15 bits per heavy atom. The molecule has 1 N–H and O–H groups in total. The summed E-state index contributed by atoms with van der Waals surface area (Å²) in [6.45, 7) is 2.56. The van der Waals surface area contributed by atoms with Crippen molar-refractivity contribution in [2.24, 2.45) is 0 Å². The molecule has 7 heteroatoms. The van der Waals surface area contributed by atoms with Crippen LogP contribution in [-0.2, 0) is 17.4 Å². The number of nitrogens with zero attached hydrogens (tertiary/aromatic N) is 1. The predicted octanol–water partition coefficient (Wildman–Crippen LogP) is 4.26. The van der Waals surface area contributed by atoms with Crippen molar-refractivity contribution in [1.82, 2.24) is 10.2 Å². The van der Waals surface area contributed by atoms with Gasteiger partial charge in [0.05, 0.1) is 18.0 Å². The molecule has 0 spiro atoms. The van der Waals surface area contributed by atoms with Crippen LogP contribution in [0.25, 0.3) is 0 Å². The standard InChI is InChI=1S/C19H21F3N2OS/c20-19(21,22)15-7-5-14(6-8-15)12-18(25)23-13-16(17-4-3-11-26-17)24-9-1-2-10-24/h3-8,11,16H,1-2,9-10,12-13H2,(H,23,25). The summed E-state index contributed by atoms with van der Waals surface area (Å²) in [5.74, 6) is -0.175. The number of carbonyl (C=O) groups excluding carboxylic acids is 1. The van der Waals surface area contributed by atoms with Crippen molar-refractivity contribution >= 4 is 17.2 Å². The van der Waals surface area contributed by atoms with Crippen LogP contribution in [-0.4, -0.2) is 30.4 Å². The molecule has 2 heterocycles. The molecule has 26 heavy (non-hydrogen) atoms. The lowest BCUT2D eigenvalue weighted by Gasteiger charge is -2.27. The third kappa shape index (κ3) is 4.86. The van der Waals surface area contributed by atoms with E-state index in [-0.39, 0.29) is 18.4 Å². The third-order valence-corrected chi connectivity index (χ3v) is 5.57. The topological polar surface area (TPSA) is 32.3 Å². The number of benzene rings is 1. The molecule has 1 amide bonds. The van der Waals surface area contributed by atoms with E-state index in [2.05, 4.69) is 16.3 Å². The van der Waals surface area contributed by atoms with Crippen LogP contribution in [0.3, 0.4) is 0 Å². The van der Waals surface area contributed by atoms with Crippen LogP contribution in [0.1, 0.15) is 34.9 Å². The molecular formula is C19H21F3N2OS. The molecule has 0 aliphatic carbocycles. The summed E-state index contributed by atoms with van der Waals surface area (Å²) >= 11 is 1.68. The minimum Gasteiger partial charge on any atom is -0.354 e. The second-order valence-electron chi connectivity index (χ2n) is 6.45. The molecule has 140 valence electrons. The minimum atomic E-state index is -4.36. The fourth-order valence-electron chi connectivity index (χ4n) is 3.21. The molecular weight excluding hydrogens is 361 g/mol. The molecule has 1 atom stereocenters. The number of nitrogens with one attached hydrogen (secondary N) is 1. The van der Waals surface area contributed by atoms with E-state index in [0.717, 1.165) is 25.2 Å². The average Bonchev–Trinajstić information content (AvgIpc) is 3.29. The molecule has 2 aromatic rings. The van der Waals surface area contributed by atoms with Crippen LogP contribution in [0.2, 0.25) is 0 Å². The van der Waals surface area contributed by atoms with Crippen molar-refractivity contribution in [3.05, 3.63) is 57.8 Å². The third-order valence-electron chi connectivity index (χ3n) is 4.59. The summed E-state index contributed by atoms with van der Waals surface area (Å²) < 4.78 is 37.8. The highest BCUT2D eigenvalue weighted by atomic mass is 32.1. The Morgan fingerprint density at radius 3 is 2.42 bits per heavy atom. The lowest BCUT2D eigenvalue weighted by Crippen LogP contribution is -2.37. The summed E-state index contributed by atoms with van der Waals surface area (Å²) in [6, 6.07) is 9.00. The number of alkyl halides is 3. The van der Waals surface area contributed by atoms with Crippen LogP contribution in [0, 0.1) is 0 Å². The number of likely N-dealkylation sites (tertiary alicyclic amines) is 1. The maximum absolute atomic E-state index is 12.6. The van der Waals surface area contributed by atoms with E-state index in [1.165, 1.54) is 29.9 Å².